The highest BCUT2D eigenvalue weighted by Crippen LogP contribution is 2.38. The molecule has 2 nitrogen and oxygen atoms in total. The van der Waals surface area contributed by atoms with Gasteiger partial charge in [-0.1, -0.05) is 12.1 Å². The maximum Gasteiger partial charge on any atom is 0.131 e. The molecule has 2 aromatic carbocycles. The van der Waals surface area contributed by atoms with Gasteiger partial charge in [0.1, 0.15) is 11.5 Å². The quantitative estimate of drug-likeness (QED) is 0.712. The van der Waals surface area contributed by atoms with Crippen molar-refractivity contribution in [1.29, 1.82) is 0 Å². The summed E-state index contributed by atoms with van der Waals surface area (Å²) in [6.45, 7) is 0.0505. The van der Waals surface area contributed by atoms with E-state index in [1.807, 2.05) is 24.3 Å². The summed E-state index contributed by atoms with van der Waals surface area (Å²) in [6, 6.07) is 12.2. The summed E-state index contributed by atoms with van der Waals surface area (Å²) in [5, 5.41) is 9.14. The Labute approximate surface area is 111 Å². The zero-order valence-corrected chi connectivity index (χ0v) is 11.0. The molecular formula is C15H14O2S. The smallest absolute Gasteiger partial charge is 0.131 e. The van der Waals surface area contributed by atoms with Gasteiger partial charge in [0.25, 0.3) is 0 Å². The van der Waals surface area contributed by atoms with Gasteiger partial charge in [0, 0.05) is 16.9 Å². The third-order valence-electron chi connectivity index (χ3n) is 3.18. The third-order valence-corrected chi connectivity index (χ3v) is 3.91. The minimum Gasteiger partial charge on any atom is -0.457 e. The number of aliphatic hydroxyl groups is 1. The van der Waals surface area contributed by atoms with Gasteiger partial charge in [-0.15, -0.1) is 11.8 Å². The monoisotopic (exact) mass is 258 g/mol. The highest BCUT2D eigenvalue weighted by Gasteiger charge is 2.17. The molecule has 0 saturated carbocycles. The van der Waals surface area contributed by atoms with Crippen LogP contribution in [0.15, 0.2) is 41.3 Å². The Morgan fingerprint density at radius 3 is 2.78 bits per heavy atom. The number of hydrogen-bond donors (Lipinski definition) is 1. The first kappa shape index (κ1) is 11.6. The first-order chi connectivity index (χ1) is 8.80. The molecular weight excluding hydrogens is 244 g/mol. The summed E-state index contributed by atoms with van der Waals surface area (Å²) in [4.78, 5) is 1.26. The summed E-state index contributed by atoms with van der Waals surface area (Å²) in [7, 11) is 0. The standard InChI is InChI=1S/C15H14O2S/c1-18-13-4-5-14-12(8-13)7-11-3-2-10(9-16)6-15(11)17-14/h2-6,8,16H,7,9H2,1H3. The van der Waals surface area contributed by atoms with Crippen LogP contribution in [0.25, 0.3) is 0 Å². The van der Waals surface area contributed by atoms with Gasteiger partial charge in [-0.05, 0) is 41.6 Å². The second-order valence-electron chi connectivity index (χ2n) is 4.35. The van der Waals surface area contributed by atoms with Crippen LogP contribution in [-0.2, 0) is 13.0 Å². The van der Waals surface area contributed by atoms with E-state index in [0.717, 1.165) is 23.5 Å². The van der Waals surface area contributed by atoms with Crippen LogP contribution in [-0.4, -0.2) is 11.4 Å². The first-order valence-electron chi connectivity index (χ1n) is 5.87. The van der Waals surface area contributed by atoms with Gasteiger partial charge in [0.2, 0.25) is 0 Å². The predicted molar refractivity (Wildman–Crippen MR) is 73.5 cm³/mol. The van der Waals surface area contributed by atoms with Crippen LogP contribution in [0.3, 0.4) is 0 Å². The molecule has 1 heterocycles. The fourth-order valence-corrected chi connectivity index (χ4v) is 2.65. The van der Waals surface area contributed by atoms with Gasteiger partial charge in [0.15, 0.2) is 0 Å². The van der Waals surface area contributed by atoms with Gasteiger partial charge in [-0.25, -0.2) is 0 Å². The highest BCUT2D eigenvalue weighted by molar-refractivity contribution is 7.98. The van der Waals surface area contributed by atoms with Crippen LogP contribution in [0.5, 0.6) is 11.5 Å². The van der Waals surface area contributed by atoms with Gasteiger partial charge in [-0.3, -0.25) is 0 Å². The molecule has 3 heteroatoms. The Kier molecular flexibility index (Phi) is 3.02. The Balaban J connectivity index is 2.00. The molecule has 0 bridgehead atoms. The molecule has 1 aliphatic rings. The lowest BCUT2D eigenvalue weighted by Gasteiger charge is -2.21. The molecule has 0 amide bonds. The Morgan fingerprint density at radius 1 is 1.11 bits per heavy atom. The van der Waals surface area contributed by atoms with Gasteiger partial charge in [-0.2, -0.15) is 0 Å². The fraction of sp³-hybridized carbons (Fsp3) is 0.200. The zero-order chi connectivity index (χ0) is 12.5. The predicted octanol–water partition coefficient (Wildman–Crippen LogP) is 3.60. The lowest BCUT2D eigenvalue weighted by atomic mass is 9.99. The van der Waals surface area contributed by atoms with Crippen LogP contribution in [0, 0.1) is 0 Å². The third kappa shape index (κ3) is 2.00. The van der Waals surface area contributed by atoms with Crippen LogP contribution in [0.2, 0.25) is 0 Å². The van der Waals surface area contributed by atoms with Crippen molar-refractivity contribution in [3.63, 3.8) is 0 Å². The normalized spacial score (nSPS) is 12.6. The van der Waals surface area contributed by atoms with Crippen molar-refractivity contribution in [2.45, 2.75) is 17.9 Å². The van der Waals surface area contributed by atoms with Crippen LogP contribution in [0.4, 0.5) is 0 Å². The van der Waals surface area contributed by atoms with E-state index in [0.29, 0.717) is 0 Å². The van der Waals surface area contributed by atoms with Gasteiger partial charge >= 0.3 is 0 Å². The Hall–Kier alpha value is -1.45. The topological polar surface area (TPSA) is 29.5 Å². The number of ether oxygens (including phenoxy) is 1. The SMILES string of the molecule is CSc1ccc2c(c1)Cc1ccc(CO)cc1O2. The molecule has 3 rings (SSSR count). The summed E-state index contributed by atoms with van der Waals surface area (Å²) < 4.78 is 5.90. The number of fused-ring (bicyclic) bond motifs is 2. The van der Waals surface area contributed by atoms with E-state index in [1.54, 1.807) is 11.8 Å². The van der Waals surface area contributed by atoms with Gasteiger partial charge < -0.3 is 9.84 Å². The fourth-order valence-electron chi connectivity index (χ4n) is 2.18. The molecule has 0 fully saturated rings. The molecule has 1 N–H and O–H groups in total. The number of rotatable bonds is 2. The van der Waals surface area contributed by atoms with Gasteiger partial charge in [0.05, 0.1) is 6.61 Å². The molecule has 0 spiro atoms. The maximum atomic E-state index is 9.14. The largest absolute Gasteiger partial charge is 0.457 e. The number of thioether (sulfide) groups is 1. The number of aliphatic hydroxyl groups excluding tert-OH is 1. The van der Waals surface area contributed by atoms with Crippen molar-refractivity contribution >= 4 is 11.8 Å². The molecule has 92 valence electrons. The molecule has 1 aliphatic heterocycles. The lowest BCUT2D eigenvalue weighted by Crippen LogP contribution is -2.03. The second-order valence-corrected chi connectivity index (χ2v) is 5.23. The summed E-state index contributed by atoms with van der Waals surface area (Å²) in [6.07, 6.45) is 2.97. The van der Waals surface area contributed by atoms with Crippen LogP contribution < -0.4 is 4.74 Å². The number of benzene rings is 2. The maximum absolute atomic E-state index is 9.14. The molecule has 0 unspecified atom stereocenters. The molecule has 0 atom stereocenters. The van der Waals surface area contributed by atoms with Crippen molar-refractivity contribution in [3.8, 4) is 11.5 Å². The second kappa shape index (κ2) is 4.67. The molecule has 0 aromatic heterocycles. The van der Waals surface area contributed by atoms with Crippen LogP contribution >= 0.6 is 11.8 Å². The minimum absolute atomic E-state index is 0.0505. The van der Waals surface area contributed by atoms with E-state index in [1.165, 1.54) is 16.0 Å². The molecule has 0 aliphatic carbocycles. The number of hydrogen-bond acceptors (Lipinski definition) is 3. The van der Waals surface area contributed by atoms with Crippen LogP contribution in [0.1, 0.15) is 16.7 Å². The average Bonchev–Trinajstić information content (AvgIpc) is 2.43. The van der Waals surface area contributed by atoms with E-state index < -0.39 is 0 Å². The van der Waals surface area contributed by atoms with E-state index in [-0.39, 0.29) is 6.61 Å². The summed E-state index contributed by atoms with van der Waals surface area (Å²) in [5.41, 5.74) is 3.29. The average molecular weight is 258 g/mol. The Bertz CT molecular complexity index is 540. The van der Waals surface area contributed by atoms with E-state index >= 15 is 0 Å². The summed E-state index contributed by atoms with van der Waals surface area (Å²) in [5.74, 6) is 1.79. The minimum atomic E-state index is 0.0505. The summed E-state index contributed by atoms with van der Waals surface area (Å²) >= 11 is 1.74. The van der Waals surface area contributed by atoms with Crippen molar-refractivity contribution < 1.29 is 9.84 Å². The van der Waals surface area contributed by atoms with E-state index in [4.69, 9.17) is 9.84 Å². The zero-order valence-electron chi connectivity index (χ0n) is 10.1. The Morgan fingerprint density at radius 2 is 2.00 bits per heavy atom. The van der Waals surface area contributed by atoms with E-state index in [2.05, 4.69) is 18.4 Å². The van der Waals surface area contributed by atoms with E-state index in [9.17, 15) is 0 Å². The molecule has 2 aromatic rings. The van der Waals surface area contributed by atoms with Crippen molar-refractivity contribution in [2.24, 2.45) is 0 Å². The van der Waals surface area contributed by atoms with Crippen molar-refractivity contribution in [1.82, 2.24) is 0 Å². The molecule has 18 heavy (non-hydrogen) atoms. The first-order valence-corrected chi connectivity index (χ1v) is 7.10. The molecule has 0 radical (unpaired) electrons. The molecule has 0 saturated heterocycles. The van der Waals surface area contributed by atoms with Crippen molar-refractivity contribution in [2.75, 3.05) is 6.26 Å². The lowest BCUT2D eigenvalue weighted by molar-refractivity contribution is 0.281. The van der Waals surface area contributed by atoms with Crippen molar-refractivity contribution in [3.05, 3.63) is 53.1 Å². The highest BCUT2D eigenvalue weighted by atomic mass is 32.2.